The van der Waals surface area contributed by atoms with Crippen LogP contribution in [0.2, 0.25) is 0 Å². The van der Waals surface area contributed by atoms with Crippen LogP contribution in [0.3, 0.4) is 0 Å². The smallest absolute Gasteiger partial charge is 0.407 e. The molecule has 1 saturated heterocycles. The Morgan fingerprint density at radius 2 is 1.76 bits per heavy atom. The molecule has 0 aromatic carbocycles. The van der Waals surface area contributed by atoms with Crippen molar-refractivity contribution in [1.29, 1.82) is 0 Å². The maximum atomic E-state index is 12.0. The Hall–Kier alpha value is -0.420. The predicted octanol–water partition coefficient (Wildman–Crippen LogP) is 3.31. The largest absolute Gasteiger partial charge is 0.444 e. The highest BCUT2D eigenvalue weighted by Gasteiger charge is 2.33. The SMILES string of the molecule is CC1SCCCC1NC1CCCC1NC(=O)OC(C)(C)C. The van der Waals surface area contributed by atoms with Crippen molar-refractivity contribution in [2.24, 2.45) is 0 Å². The molecule has 21 heavy (non-hydrogen) atoms. The molecule has 122 valence electrons. The minimum Gasteiger partial charge on any atom is -0.444 e. The quantitative estimate of drug-likeness (QED) is 0.839. The zero-order valence-electron chi connectivity index (χ0n) is 13.8. The van der Waals surface area contributed by atoms with E-state index < -0.39 is 5.60 Å². The number of nitrogens with one attached hydrogen (secondary N) is 2. The number of alkyl carbamates (subject to hydrolysis) is 1. The highest BCUT2D eigenvalue weighted by Crippen LogP contribution is 2.28. The number of thioether (sulfide) groups is 1. The van der Waals surface area contributed by atoms with Crippen LogP contribution in [0.15, 0.2) is 0 Å². The molecule has 5 heteroatoms. The molecule has 4 atom stereocenters. The van der Waals surface area contributed by atoms with E-state index in [1.165, 1.54) is 25.0 Å². The summed E-state index contributed by atoms with van der Waals surface area (Å²) in [4.78, 5) is 12.0. The molecule has 1 amide bonds. The second-order valence-electron chi connectivity index (χ2n) is 7.28. The van der Waals surface area contributed by atoms with Crippen LogP contribution in [0.1, 0.15) is 59.8 Å². The van der Waals surface area contributed by atoms with Crippen molar-refractivity contribution in [2.45, 2.75) is 88.8 Å². The molecule has 2 rings (SSSR count). The molecule has 2 N–H and O–H groups in total. The summed E-state index contributed by atoms with van der Waals surface area (Å²) < 4.78 is 5.38. The molecule has 0 aromatic rings. The van der Waals surface area contributed by atoms with Crippen LogP contribution in [0.4, 0.5) is 4.79 Å². The molecule has 4 unspecified atom stereocenters. The summed E-state index contributed by atoms with van der Waals surface area (Å²) in [5.41, 5.74) is -0.430. The highest BCUT2D eigenvalue weighted by atomic mass is 32.2. The zero-order valence-corrected chi connectivity index (χ0v) is 14.6. The third kappa shape index (κ3) is 5.37. The van der Waals surface area contributed by atoms with Gasteiger partial charge in [-0.05, 0) is 58.6 Å². The van der Waals surface area contributed by atoms with E-state index in [0.717, 1.165) is 12.8 Å². The van der Waals surface area contributed by atoms with Crippen LogP contribution in [0.25, 0.3) is 0 Å². The maximum absolute atomic E-state index is 12.0. The first-order valence-electron chi connectivity index (χ1n) is 8.22. The van der Waals surface area contributed by atoms with Crippen LogP contribution in [-0.2, 0) is 4.74 Å². The number of hydrogen-bond acceptors (Lipinski definition) is 4. The zero-order chi connectivity index (χ0) is 15.5. The van der Waals surface area contributed by atoms with Crippen LogP contribution in [0.5, 0.6) is 0 Å². The van der Waals surface area contributed by atoms with Gasteiger partial charge in [0.2, 0.25) is 0 Å². The Balaban J connectivity index is 1.83. The Bertz CT molecular complexity index is 357. The van der Waals surface area contributed by atoms with E-state index in [0.29, 0.717) is 17.3 Å². The summed E-state index contributed by atoms with van der Waals surface area (Å²) >= 11 is 2.06. The van der Waals surface area contributed by atoms with Gasteiger partial charge in [-0.3, -0.25) is 0 Å². The third-order valence-corrected chi connectivity index (χ3v) is 5.63. The van der Waals surface area contributed by atoms with Gasteiger partial charge in [0.05, 0.1) is 0 Å². The van der Waals surface area contributed by atoms with Crippen LogP contribution in [-0.4, -0.2) is 40.8 Å². The van der Waals surface area contributed by atoms with E-state index >= 15 is 0 Å². The molecule has 0 radical (unpaired) electrons. The first-order chi connectivity index (χ1) is 9.85. The average Bonchev–Trinajstić information content (AvgIpc) is 2.77. The van der Waals surface area contributed by atoms with Crippen molar-refractivity contribution < 1.29 is 9.53 Å². The molecule has 0 bridgehead atoms. The fraction of sp³-hybridized carbons (Fsp3) is 0.938. The van der Waals surface area contributed by atoms with Gasteiger partial charge >= 0.3 is 6.09 Å². The fourth-order valence-corrected chi connectivity index (χ4v) is 4.36. The number of hydrogen-bond donors (Lipinski definition) is 2. The lowest BCUT2D eigenvalue weighted by atomic mass is 10.0. The lowest BCUT2D eigenvalue weighted by Gasteiger charge is -2.34. The van der Waals surface area contributed by atoms with Crippen molar-refractivity contribution >= 4 is 17.9 Å². The highest BCUT2D eigenvalue weighted by molar-refractivity contribution is 7.99. The van der Waals surface area contributed by atoms with Crippen molar-refractivity contribution in [3.8, 4) is 0 Å². The molecule has 1 aliphatic heterocycles. The van der Waals surface area contributed by atoms with Crippen molar-refractivity contribution in [1.82, 2.24) is 10.6 Å². The first kappa shape index (κ1) is 16.9. The Kier molecular flexibility index (Phi) is 5.83. The van der Waals surface area contributed by atoms with Gasteiger partial charge in [0.25, 0.3) is 0 Å². The summed E-state index contributed by atoms with van der Waals surface area (Å²) in [6, 6.07) is 1.18. The molecule has 1 saturated carbocycles. The molecule has 1 heterocycles. The lowest BCUT2D eigenvalue weighted by molar-refractivity contribution is 0.0496. The summed E-state index contributed by atoms with van der Waals surface area (Å²) in [6.07, 6.45) is 5.63. The molecule has 0 spiro atoms. The molecule has 0 aromatic heterocycles. The van der Waals surface area contributed by atoms with Gasteiger partial charge in [0, 0.05) is 23.4 Å². The second kappa shape index (κ2) is 7.23. The Morgan fingerprint density at radius 1 is 1.10 bits per heavy atom. The molecular weight excluding hydrogens is 284 g/mol. The van der Waals surface area contributed by atoms with Crippen LogP contribution in [0, 0.1) is 0 Å². The predicted molar refractivity (Wildman–Crippen MR) is 88.9 cm³/mol. The van der Waals surface area contributed by atoms with Crippen molar-refractivity contribution in [3.05, 3.63) is 0 Å². The van der Waals surface area contributed by atoms with Gasteiger partial charge in [-0.15, -0.1) is 0 Å². The number of amides is 1. The summed E-state index contributed by atoms with van der Waals surface area (Å²) in [7, 11) is 0. The maximum Gasteiger partial charge on any atom is 0.407 e. The minimum absolute atomic E-state index is 0.207. The first-order valence-corrected chi connectivity index (χ1v) is 9.27. The van der Waals surface area contributed by atoms with Crippen molar-refractivity contribution in [2.75, 3.05) is 5.75 Å². The lowest BCUT2D eigenvalue weighted by Crippen LogP contribution is -2.53. The summed E-state index contributed by atoms with van der Waals surface area (Å²) in [5.74, 6) is 1.28. The monoisotopic (exact) mass is 314 g/mol. The topological polar surface area (TPSA) is 50.4 Å². The van der Waals surface area contributed by atoms with Gasteiger partial charge in [0.15, 0.2) is 0 Å². The second-order valence-corrected chi connectivity index (χ2v) is 8.77. The molecule has 1 aliphatic carbocycles. The number of rotatable bonds is 3. The van der Waals surface area contributed by atoms with Gasteiger partial charge in [-0.2, -0.15) is 11.8 Å². The van der Waals surface area contributed by atoms with E-state index in [2.05, 4.69) is 29.3 Å². The van der Waals surface area contributed by atoms with E-state index in [4.69, 9.17) is 4.74 Å². The van der Waals surface area contributed by atoms with Gasteiger partial charge in [-0.25, -0.2) is 4.79 Å². The fourth-order valence-electron chi connectivity index (χ4n) is 3.21. The van der Waals surface area contributed by atoms with E-state index in [-0.39, 0.29) is 12.1 Å². The normalized spacial score (nSPS) is 33.7. The minimum atomic E-state index is -0.430. The molecular formula is C16H30N2O2S. The van der Waals surface area contributed by atoms with E-state index in [1.54, 1.807) is 0 Å². The number of carbonyl (C=O) groups is 1. The van der Waals surface area contributed by atoms with Gasteiger partial charge < -0.3 is 15.4 Å². The third-order valence-electron chi connectivity index (χ3n) is 4.25. The molecule has 4 nitrogen and oxygen atoms in total. The van der Waals surface area contributed by atoms with Crippen LogP contribution >= 0.6 is 11.8 Å². The Labute approximate surface area is 133 Å². The van der Waals surface area contributed by atoms with Gasteiger partial charge in [-0.1, -0.05) is 6.92 Å². The summed E-state index contributed by atoms with van der Waals surface area (Å²) in [5, 5.41) is 7.52. The molecule has 2 aliphatic rings. The number of carbonyl (C=O) groups excluding carboxylic acids is 1. The van der Waals surface area contributed by atoms with E-state index in [9.17, 15) is 4.79 Å². The standard InChI is InChI=1S/C16H30N2O2S/c1-11-12(9-6-10-21-11)17-13-7-5-8-14(13)18-15(19)20-16(2,3)4/h11-14,17H,5-10H2,1-4H3,(H,18,19). The summed E-state index contributed by atoms with van der Waals surface area (Å²) in [6.45, 7) is 8.01. The van der Waals surface area contributed by atoms with E-state index in [1.807, 2.05) is 20.8 Å². The van der Waals surface area contributed by atoms with Crippen LogP contribution < -0.4 is 10.6 Å². The average molecular weight is 314 g/mol. The molecule has 2 fully saturated rings. The number of ether oxygens (including phenoxy) is 1. The Morgan fingerprint density at radius 3 is 2.43 bits per heavy atom. The van der Waals surface area contributed by atoms with Gasteiger partial charge in [0.1, 0.15) is 5.60 Å². The van der Waals surface area contributed by atoms with Crippen molar-refractivity contribution in [3.63, 3.8) is 0 Å².